The Balaban J connectivity index is 2.53. The molecule has 17 heavy (non-hydrogen) atoms. The molecule has 0 radical (unpaired) electrons. The average Bonchev–Trinajstić information content (AvgIpc) is 2.33. The minimum atomic E-state index is -0.103. The van der Waals surface area contributed by atoms with Crippen molar-refractivity contribution in [1.82, 2.24) is 15.1 Å². The van der Waals surface area contributed by atoms with Crippen LogP contribution in [0.1, 0.15) is 26.7 Å². The zero-order valence-electron chi connectivity index (χ0n) is 11.0. The molecule has 1 heterocycles. The molecule has 5 nitrogen and oxygen atoms in total. The summed E-state index contributed by atoms with van der Waals surface area (Å²) in [4.78, 5) is 27.1. The van der Waals surface area contributed by atoms with Crippen LogP contribution in [0, 0.1) is 0 Å². The van der Waals surface area contributed by atoms with E-state index in [4.69, 9.17) is 0 Å². The Morgan fingerprint density at radius 3 is 2.82 bits per heavy atom. The molecule has 1 fully saturated rings. The molecule has 0 aromatic carbocycles. The molecule has 2 amide bonds. The van der Waals surface area contributed by atoms with E-state index in [1.165, 1.54) is 0 Å². The first-order valence-electron chi connectivity index (χ1n) is 6.36. The molecule has 1 saturated heterocycles. The molecule has 0 bridgehead atoms. The maximum absolute atomic E-state index is 12.1. The number of carbonyl (C=O) groups is 2. The van der Waals surface area contributed by atoms with Crippen LogP contribution in [-0.4, -0.2) is 60.9 Å². The molecule has 0 aromatic rings. The van der Waals surface area contributed by atoms with Crippen LogP contribution < -0.4 is 5.32 Å². The predicted octanol–water partition coefficient (Wildman–Crippen LogP) is 0.0652. The Kier molecular flexibility index (Phi) is 5.41. The number of likely N-dealkylation sites (N-methyl/N-ethyl adjacent to an activating group) is 2. The van der Waals surface area contributed by atoms with E-state index in [2.05, 4.69) is 5.32 Å². The lowest BCUT2D eigenvalue weighted by molar-refractivity contribution is -0.142. The number of hydrogen-bond acceptors (Lipinski definition) is 3. The van der Waals surface area contributed by atoms with Gasteiger partial charge in [0.15, 0.2) is 0 Å². The molecule has 0 saturated carbocycles. The van der Waals surface area contributed by atoms with E-state index in [9.17, 15) is 9.59 Å². The molecule has 1 aliphatic rings. The third-order valence-electron chi connectivity index (χ3n) is 3.21. The van der Waals surface area contributed by atoms with Gasteiger partial charge in [-0.15, -0.1) is 0 Å². The molecule has 1 aliphatic heterocycles. The van der Waals surface area contributed by atoms with Crippen molar-refractivity contribution < 1.29 is 9.59 Å². The van der Waals surface area contributed by atoms with Crippen LogP contribution in [0.15, 0.2) is 0 Å². The first-order chi connectivity index (χ1) is 8.10. The van der Waals surface area contributed by atoms with Gasteiger partial charge in [-0.2, -0.15) is 0 Å². The summed E-state index contributed by atoms with van der Waals surface area (Å²) in [5.74, 6) is 0.0777. The Morgan fingerprint density at radius 2 is 2.24 bits per heavy atom. The van der Waals surface area contributed by atoms with Crippen molar-refractivity contribution in [2.45, 2.75) is 32.7 Å². The van der Waals surface area contributed by atoms with Gasteiger partial charge in [-0.05, 0) is 26.3 Å². The summed E-state index contributed by atoms with van der Waals surface area (Å²) >= 11 is 0. The highest BCUT2D eigenvalue weighted by Crippen LogP contribution is 2.11. The number of nitrogens with zero attached hydrogens (tertiary/aromatic N) is 2. The summed E-state index contributed by atoms with van der Waals surface area (Å²) in [5, 5.41) is 3.16. The average molecular weight is 241 g/mol. The standard InChI is InChI=1S/C12H23N3O2/c1-4-13-10-7-6-8-15(12(10)17)9-11(16)14(3)5-2/h10,13H,4-9H2,1-3H3. The second-order valence-corrected chi connectivity index (χ2v) is 4.42. The van der Waals surface area contributed by atoms with Gasteiger partial charge in [0.2, 0.25) is 11.8 Å². The highest BCUT2D eigenvalue weighted by Gasteiger charge is 2.29. The quantitative estimate of drug-likeness (QED) is 0.741. The van der Waals surface area contributed by atoms with Crippen LogP contribution in [0.4, 0.5) is 0 Å². The number of rotatable bonds is 5. The van der Waals surface area contributed by atoms with Crippen molar-refractivity contribution in [1.29, 1.82) is 0 Å². The van der Waals surface area contributed by atoms with Crippen molar-refractivity contribution in [3.63, 3.8) is 0 Å². The zero-order valence-corrected chi connectivity index (χ0v) is 11.0. The Bertz CT molecular complexity index is 279. The maximum Gasteiger partial charge on any atom is 0.241 e. The third kappa shape index (κ3) is 3.70. The van der Waals surface area contributed by atoms with Gasteiger partial charge in [-0.25, -0.2) is 0 Å². The molecular formula is C12H23N3O2. The number of piperidine rings is 1. The summed E-state index contributed by atoms with van der Waals surface area (Å²) < 4.78 is 0. The van der Waals surface area contributed by atoms with Gasteiger partial charge >= 0.3 is 0 Å². The molecule has 0 aromatic heterocycles. The van der Waals surface area contributed by atoms with E-state index in [-0.39, 0.29) is 24.4 Å². The van der Waals surface area contributed by atoms with Crippen molar-refractivity contribution in [3.8, 4) is 0 Å². The molecule has 0 aliphatic carbocycles. The van der Waals surface area contributed by atoms with E-state index in [0.717, 1.165) is 19.4 Å². The maximum atomic E-state index is 12.1. The number of carbonyl (C=O) groups excluding carboxylic acids is 2. The van der Waals surface area contributed by atoms with Crippen LogP contribution in [0.25, 0.3) is 0 Å². The second-order valence-electron chi connectivity index (χ2n) is 4.42. The number of nitrogens with one attached hydrogen (secondary N) is 1. The van der Waals surface area contributed by atoms with Crippen molar-refractivity contribution >= 4 is 11.8 Å². The van der Waals surface area contributed by atoms with Gasteiger partial charge in [0.25, 0.3) is 0 Å². The van der Waals surface area contributed by atoms with Gasteiger partial charge < -0.3 is 15.1 Å². The topological polar surface area (TPSA) is 52.7 Å². The van der Waals surface area contributed by atoms with Crippen LogP contribution in [0.3, 0.4) is 0 Å². The van der Waals surface area contributed by atoms with Gasteiger partial charge in [0.1, 0.15) is 0 Å². The summed E-state index contributed by atoms with van der Waals surface area (Å²) in [6.07, 6.45) is 1.84. The van der Waals surface area contributed by atoms with E-state index in [0.29, 0.717) is 13.1 Å². The fourth-order valence-corrected chi connectivity index (χ4v) is 1.99. The summed E-state index contributed by atoms with van der Waals surface area (Å²) in [5.41, 5.74) is 0. The van der Waals surface area contributed by atoms with Crippen LogP contribution in [0.2, 0.25) is 0 Å². The molecule has 1 rings (SSSR count). The first kappa shape index (κ1) is 14.0. The highest BCUT2D eigenvalue weighted by atomic mass is 16.2. The number of amides is 2. The highest BCUT2D eigenvalue weighted by molar-refractivity contribution is 5.88. The monoisotopic (exact) mass is 241 g/mol. The lowest BCUT2D eigenvalue weighted by atomic mass is 10.0. The van der Waals surface area contributed by atoms with Gasteiger partial charge in [0.05, 0.1) is 12.6 Å². The van der Waals surface area contributed by atoms with Crippen LogP contribution in [-0.2, 0) is 9.59 Å². The van der Waals surface area contributed by atoms with Crippen molar-refractivity contribution in [3.05, 3.63) is 0 Å². The van der Waals surface area contributed by atoms with E-state index < -0.39 is 0 Å². The SMILES string of the molecule is CCNC1CCCN(CC(=O)N(C)CC)C1=O. The first-order valence-corrected chi connectivity index (χ1v) is 6.36. The number of hydrogen-bond donors (Lipinski definition) is 1. The molecule has 1 N–H and O–H groups in total. The fraction of sp³-hybridized carbons (Fsp3) is 0.833. The third-order valence-corrected chi connectivity index (χ3v) is 3.21. The largest absolute Gasteiger partial charge is 0.345 e. The van der Waals surface area contributed by atoms with Gasteiger partial charge in [-0.3, -0.25) is 9.59 Å². The lowest BCUT2D eigenvalue weighted by Gasteiger charge is -2.33. The molecule has 1 unspecified atom stereocenters. The minimum Gasteiger partial charge on any atom is -0.345 e. The Hall–Kier alpha value is -1.10. The molecule has 5 heteroatoms. The van der Waals surface area contributed by atoms with Crippen LogP contribution in [0.5, 0.6) is 0 Å². The van der Waals surface area contributed by atoms with E-state index in [1.807, 2.05) is 13.8 Å². The number of likely N-dealkylation sites (tertiary alicyclic amines) is 1. The zero-order chi connectivity index (χ0) is 12.8. The van der Waals surface area contributed by atoms with E-state index >= 15 is 0 Å². The minimum absolute atomic E-state index is 0.0120. The van der Waals surface area contributed by atoms with Crippen molar-refractivity contribution in [2.75, 3.05) is 33.2 Å². The predicted molar refractivity (Wildman–Crippen MR) is 66.6 cm³/mol. The molecular weight excluding hydrogens is 218 g/mol. The Morgan fingerprint density at radius 1 is 1.53 bits per heavy atom. The lowest BCUT2D eigenvalue weighted by Crippen LogP contribution is -2.53. The fourth-order valence-electron chi connectivity index (χ4n) is 1.99. The van der Waals surface area contributed by atoms with Crippen LogP contribution >= 0.6 is 0 Å². The summed E-state index contributed by atoms with van der Waals surface area (Å²) in [6.45, 7) is 6.29. The molecule has 1 atom stereocenters. The normalized spacial score (nSPS) is 20.5. The summed E-state index contributed by atoms with van der Waals surface area (Å²) in [6, 6.07) is -0.103. The molecule has 98 valence electrons. The summed E-state index contributed by atoms with van der Waals surface area (Å²) in [7, 11) is 1.76. The molecule has 0 spiro atoms. The van der Waals surface area contributed by atoms with Gasteiger partial charge in [-0.1, -0.05) is 6.92 Å². The van der Waals surface area contributed by atoms with Gasteiger partial charge in [0, 0.05) is 20.1 Å². The Labute approximate surface area is 103 Å². The smallest absolute Gasteiger partial charge is 0.241 e. The van der Waals surface area contributed by atoms with Crippen molar-refractivity contribution in [2.24, 2.45) is 0 Å². The van der Waals surface area contributed by atoms with E-state index in [1.54, 1.807) is 16.8 Å². The second kappa shape index (κ2) is 6.59.